The summed E-state index contributed by atoms with van der Waals surface area (Å²) in [5.41, 5.74) is 0.801. The van der Waals surface area contributed by atoms with Crippen molar-refractivity contribution < 1.29 is 19.1 Å². The molecule has 0 radical (unpaired) electrons. The van der Waals surface area contributed by atoms with E-state index in [-0.39, 0.29) is 30.2 Å². The van der Waals surface area contributed by atoms with Gasteiger partial charge in [-0.3, -0.25) is 14.4 Å². The lowest BCUT2D eigenvalue weighted by molar-refractivity contribution is -0.138. The first-order valence-electron chi connectivity index (χ1n) is 15.5. The highest BCUT2D eigenvalue weighted by molar-refractivity contribution is 6.30. The minimum atomic E-state index is -1.07. The fourth-order valence-electron chi connectivity index (χ4n) is 5.82. The van der Waals surface area contributed by atoms with Crippen LogP contribution in [-0.2, 0) is 20.8 Å². The van der Waals surface area contributed by atoms with E-state index < -0.39 is 17.6 Å². The van der Waals surface area contributed by atoms with E-state index in [1.165, 1.54) is 0 Å². The van der Waals surface area contributed by atoms with Crippen molar-refractivity contribution in [3.63, 3.8) is 0 Å². The molecule has 3 amide bonds. The van der Waals surface area contributed by atoms with Crippen molar-refractivity contribution in [3.05, 3.63) is 70.8 Å². The van der Waals surface area contributed by atoms with Gasteiger partial charge in [0.25, 0.3) is 0 Å². The average Bonchev–Trinajstić information content (AvgIpc) is 2.99. The molecule has 43 heavy (non-hydrogen) atoms. The first kappa shape index (κ1) is 32.6. The van der Waals surface area contributed by atoms with Gasteiger partial charge in [0.2, 0.25) is 17.7 Å². The smallest absolute Gasteiger partial charge is 0.246 e. The SMILES string of the molecule is CC(C)CC1NCCOc2ccccc2/C=C/CNC(=O)C(CCc2cccc(Cl)c2)NC(=O)C2(CCCCC2)NC1=O. The summed E-state index contributed by atoms with van der Waals surface area (Å²) in [5.74, 6) is 0.218. The molecule has 2 aromatic carbocycles. The molecule has 8 nitrogen and oxygen atoms in total. The Morgan fingerprint density at radius 2 is 1.77 bits per heavy atom. The summed E-state index contributed by atoms with van der Waals surface area (Å²) in [6.45, 7) is 5.29. The Kier molecular flexibility index (Phi) is 12.1. The third kappa shape index (κ3) is 9.57. The number of ether oxygens (including phenoxy) is 1. The molecular formula is C34H45ClN4O4. The number of carbonyl (C=O) groups excluding carboxylic acids is 3. The third-order valence-electron chi connectivity index (χ3n) is 8.12. The number of nitrogens with one attached hydrogen (secondary N) is 4. The van der Waals surface area contributed by atoms with Crippen molar-refractivity contribution in [2.75, 3.05) is 19.7 Å². The molecule has 2 aliphatic rings. The molecule has 9 heteroatoms. The summed E-state index contributed by atoms with van der Waals surface area (Å²) in [7, 11) is 0. The second kappa shape index (κ2) is 15.9. The van der Waals surface area contributed by atoms with E-state index in [1.54, 1.807) is 0 Å². The van der Waals surface area contributed by atoms with Crippen LogP contribution in [0.2, 0.25) is 5.02 Å². The summed E-state index contributed by atoms with van der Waals surface area (Å²) >= 11 is 6.19. The lowest BCUT2D eigenvalue weighted by atomic mass is 9.80. The van der Waals surface area contributed by atoms with Crippen LogP contribution in [0, 0.1) is 5.92 Å². The molecule has 1 saturated carbocycles. The largest absolute Gasteiger partial charge is 0.492 e. The van der Waals surface area contributed by atoms with Gasteiger partial charge in [0.05, 0.1) is 6.04 Å². The second-order valence-corrected chi connectivity index (χ2v) is 12.4. The monoisotopic (exact) mass is 608 g/mol. The normalized spacial score (nSPS) is 22.7. The quantitative estimate of drug-likeness (QED) is 0.390. The Morgan fingerprint density at radius 1 is 0.977 bits per heavy atom. The zero-order valence-electron chi connectivity index (χ0n) is 25.3. The van der Waals surface area contributed by atoms with Crippen molar-refractivity contribution in [1.82, 2.24) is 21.3 Å². The van der Waals surface area contributed by atoms with Crippen molar-refractivity contribution in [2.24, 2.45) is 5.92 Å². The van der Waals surface area contributed by atoms with Gasteiger partial charge in [0.1, 0.15) is 23.9 Å². The Bertz CT molecular complexity index is 1270. The van der Waals surface area contributed by atoms with Crippen molar-refractivity contribution in [3.8, 4) is 5.75 Å². The summed E-state index contributed by atoms with van der Waals surface area (Å²) in [6, 6.07) is 14.0. The molecule has 2 aromatic rings. The summed E-state index contributed by atoms with van der Waals surface area (Å²) in [5, 5.41) is 13.2. The van der Waals surface area contributed by atoms with Crippen molar-refractivity contribution in [2.45, 2.75) is 82.8 Å². The van der Waals surface area contributed by atoms with Crippen LogP contribution < -0.4 is 26.0 Å². The minimum absolute atomic E-state index is 0.199. The van der Waals surface area contributed by atoms with Crippen LogP contribution in [0.15, 0.2) is 54.6 Å². The molecule has 1 aliphatic heterocycles. The van der Waals surface area contributed by atoms with Gasteiger partial charge >= 0.3 is 0 Å². The maximum absolute atomic E-state index is 14.0. The van der Waals surface area contributed by atoms with Crippen LogP contribution in [0.25, 0.3) is 6.08 Å². The zero-order valence-corrected chi connectivity index (χ0v) is 26.1. The molecule has 232 valence electrons. The lowest BCUT2D eigenvalue weighted by Crippen LogP contribution is -2.64. The minimum Gasteiger partial charge on any atom is -0.492 e. The number of aryl methyl sites for hydroxylation is 1. The number of hydrogen-bond donors (Lipinski definition) is 4. The molecule has 4 N–H and O–H groups in total. The number of hydrogen-bond acceptors (Lipinski definition) is 5. The van der Waals surface area contributed by atoms with Crippen LogP contribution in [0.3, 0.4) is 0 Å². The standard InChI is InChI=1S/C34H45ClN4O4/c1-24(2)22-29-32(41)39-34(17-6-3-7-18-34)33(42)38-28(16-15-25-10-8-13-27(35)23-25)31(40)37-19-9-12-26-11-4-5-14-30(26)43-21-20-36-29/h4-5,8-14,23-24,28-29,36H,3,6-7,15-22H2,1-2H3,(H,37,40)(H,38,42)(H,39,41)/b12-9+. The van der Waals surface area contributed by atoms with Gasteiger partial charge in [-0.25, -0.2) is 0 Å². The van der Waals surface area contributed by atoms with Gasteiger partial charge in [-0.1, -0.05) is 87.2 Å². The summed E-state index contributed by atoms with van der Waals surface area (Å²) in [4.78, 5) is 41.3. The Hall–Kier alpha value is -3.36. The Labute approximate surface area is 260 Å². The predicted octanol–water partition coefficient (Wildman–Crippen LogP) is 4.80. The maximum Gasteiger partial charge on any atom is 0.246 e. The molecular weight excluding hydrogens is 564 g/mol. The van der Waals surface area contributed by atoms with Gasteiger partial charge in [-0.2, -0.15) is 0 Å². The molecule has 1 fully saturated rings. The number of amides is 3. The number of para-hydroxylation sites is 1. The van der Waals surface area contributed by atoms with Gasteiger partial charge in [-0.05, 0) is 61.8 Å². The highest BCUT2D eigenvalue weighted by Gasteiger charge is 2.43. The molecule has 0 bridgehead atoms. The lowest BCUT2D eigenvalue weighted by Gasteiger charge is -2.39. The van der Waals surface area contributed by atoms with E-state index in [0.29, 0.717) is 50.3 Å². The van der Waals surface area contributed by atoms with E-state index in [9.17, 15) is 14.4 Å². The number of rotatable bonds is 5. The number of carbonyl (C=O) groups is 3. The Morgan fingerprint density at radius 3 is 2.53 bits per heavy atom. The first-order chi connectivity index (χ1) is 20.8. The Balaban J connectivity index is 1.62. The maximum atomic E-state index is 14.0. The molecule has 1 heterocycles. The molecule has 2 unspecified atom stereocenters. The first-order valence-corrected chi connectivity index (χ1v) is 15.9. The van der Waals surface area contributed by atoms with Crippen LogP contribution in [-0.4, -0.2) is 55.0 Å². The number of benzene rings is 2. The van der Waals surface area contributed by atoms with Gasteiger partial charge in [-0.15, -0.1) is 0 Å². The zero-order chi connectivity index (χ0) is 30.7. The van der Waals surface area contributed by atoms with Crippen molar-refractivity contribution >= 4 is 35.4 Å². The average molecular weight is 609 g/mol. The third-order valence-corrected chi connectivity index (χ3v) is 8.36. The summed E-state index contributed by atoms with van der Waals surface area (Å²) in [6.07, 6.45) is 9.07. The van der Waals surface area contributed by atoms with E-state index in [2.05, 4.69) is 35.1 Å². The second-order valence-electron chi connectivity index (χ2n) is 12.0. The summed E-state index contributed by atoms with van der Waals surface area (Å²) < 4.78 is 6.06. The van der Waals surface area contributed by atoms with E-state index in [4.69, 9.17) is 16.3 Å². The van der Waals surface area contributed by atoms with Crippen LogP contribution in [0.4, 0.5) is 0 Å². The van der Waals surface area contributed by atoms with Crippen LogP contribution in [0.1, 0.15) is 69.9 Å². The van der Waals surface area contributed by atoms with Gasteiger partial charge in [0, 0.05) is 23.7 Å². The van der Waals surface area contributed by atoms with Gasteiger partial charge < -0.3 is 26.0 Å². The fourth-order valence-corrected chi connectivity index (χ4v) is 6.04. The number of fused-ring (bicyclic) bond motifs is 1. The molecule has 1 spiro atoms. The van der Waals surface area contributed by atoms with Crippen LogP contribution >= 0.6 is 11.6 Å². The topological polar surface area (TPSA) is 109 Å². The van der Waals surface area contributed by atoms with Crippen LogP contribution in [0.5, 0.6) is 5.75 Å². The van der Waals surface area contributed by atoms with Gasteiger partial charge in [0.15, 0.2) is 0 Å². The van der Waals surface area contributed by atoms with E-state index in [0.717, 1.165) is 36.1 Å². The fraction of sp³-hybridized carbons (Fsp3) is 0.500. The molecule has 4 rings (SSSR count). The van der Waals surface area contributed by atoms with Crippen molar-refractivity contribution in [1.29, 1.82) is 0 Å². The van der Waals surface area contributed by atoms with E-state index >= 15 is 0 Å². The number of halogens is 1. The highest BCUT2D eigenvalue weighted by atomic mass is 35.5. The molecule has 2 atom stereocenters. The molecule has 1 aliphatic carbocycles. The predicted molar refractivity (Wildman–Crippen MR) is 171 cm³/mol. The van der Waals surface area contributed by atoms with E-state index in [1.807, 2.05) is 60.7 Å². The molecule has 0 saturated heterocycles. The molecule has 0 aromatic heterocycles. The highest BCUT2D eigenvalue weighted by Crippen LogP contribution is 2.29.